The van der Waals surface area contributed by atoms with Crippen LogP contribution < -0.4 is 10.5 Å². The first-order chi connectivity index (χ1) is 8.56. The predicted molar refractivity (Wildman–Crippen MR) is 72.1 cm³/mol. The van der Waals surface area contributed by atoms with Gasteiger partial charge in [-0.05, 0) is 61.9 Å². The molecule has 2 rings (SSSR count). The maximum atomic E-state index is 11.1. The molecule has 0 aliphatic heterocycles. The van der Waals surface area contributed by atoms with Gasteiger partial charge in [0.25, 0.3) is 0 Å². The lowest BCUT2D eigenvalue weighted by molar-refractivity contribution is 0.101. The van der Waals surface area contributed by atoms with Crippen LogP contribution in [0.5, 0.6) is 11.5 Å². The summed E-state index contributed by atoms with van der Waals surface area (Å²) in [4.78, 5) is 11.1. The Bertz CT molecular complexity index is 574. The number of benzene rings is 2. The molecule has 0 atom stereocenters. The minimum absolute atomic E-state index is 0.0462. The van der Waals surface area contributed by atoms with Crippen LogP contribution in [-0.4, -0.2) is 5.78 Å². The molecule has 2 aromatic rings. The Labute approximate surface area is 106 Å². The molecule has 0 saturated carbocycles. The quantitative estimate of drug-likeness (QED) is 0.660. The number of Topliss-reactive ketones (excluding diaryl/α,β-unsaturated/α-hetero) is 1. The highest BCUT2D eigenvalue weighted by Crippen LogP contribution is 2.24. The normalized spacial score (nSPS) is 10.1. The summed E-state index contributed by atoms with van der Waals surface area (Å²) >= 11 is 0. The number of carbonyl (C=O) groups is 1. The molecule has 0 heterocycles. The molecule has 0 amide bonds. The van der Waals surface area contributed by atoms with Gasteiger partial charge in [0, 0.05) is 11.3 Å². The molecule has 0 spiro atoms. The second-order valence-corrected chi connectivity index (χ2v) is 4.20. The van der Waals surface area contributed by atoms with Crippen LogP contribution in [0.1, 0.15) is 22.8 Å². The van der Waals surface area contributed by atoms with Crippen molar-refractivity contribution in [3.05, 3.63) is 53.6 Å². The van der Waals surface area contributed by atoms with E-state index in [0.717, 1.165) is 17.0 Å². The van der Waals surface area contributed by atoms with Gasteiger partial charge in [-0.1, -0.05) is 0 Å². The highest BCUT2D eigenvalue weighted by atomic mass is 16.5. The van der Waals surface area contributed by atoms with Crippen molar-refractivity contribution >= 4 is 11.5 Å². The number of nitrogens with two attached hydrogens (primary N) is 1. The van der Waals surface area contributed by atoms with E-state index in [1.165, 1.54) is 0 Å². The Balaban J connectivity index is 2.18. The SMILES string of the molecule is CC(=O)c1ccc(Oc2ccc(N)c(C)c2)cc1. The molecule has 2 N–H and O–H groups in total. The van der Waals surface area contributed by atoms with Gasteiger partial charge in [0.1, 0.15) is 11.5 Å². The molecular weight excluding hydrogens is 226 g/mol. The fourth-order valence-corrected chi connectivity index (χ4v) is 1.61. The van der Waals surface area contributed by atoms with Gasteiger partial charge in [-0.3, -0.25) is 4.79 Å². The van der Waals surface area contributed by atoms with Crippen molar-refractivity contribution in [2.24, 2.45) is 0 Å². The summed E-state index contributed by atoms with van der Waals surface area (Å²) in [5, 5.41) is 0. The van der Waals surface area contributed by atoms with Crippen molar-refractivity contribution in [2.75, 3.05) is 5.73 Å². The molecule has 3 nitrogen and oxygen atoms in total. The lowest BCUT2D eigenvalue weighted by Gasteiger charge is -2.08. The molecule has 0 aliphatic carbocycles. The summed E-state index contributed by atoms with van der Waals surface area (Å²) in [6, 6.07) is 12.6. The maximum absolute atomic E-state index is 11.1. The van der Waals surface area contributed by atoms with Crippen LogP contribution in [0.4, 0.5) is 5.69 Å². The highest BCUT2D eigenvalue weighted by molar-refractivity contribution is 5.94. The summed E-state index contributed by atoms with van der Waals surface area (Å²) in [6.45, 7) is 3.47. The summed E-state index contributed by atoms with van der Waals surface area (Å²) in [5.41, 5.74) is 8.14. The average molecular weight is 241 g/mol. The zero-order valence-electron chi connectivity index (χ0n) is 10.4. The standard InChI is InChI=1S/C15H15NO2/c1-10-9-14(7-8-15(10)16)18-13-5-3-12(4-6-13)11(2)17/h3-9H,16H2,1-2H3. The molecule has 0 aliphatic rings. The Morgan fingerprint density at radius 2 is 1.67 bits per heavy atom. The number of ketones is 1. The Morgan fingerprint density at radius 1 is 1.06 bits per heavy atom. The molecule has 92 valence electrons. The third-order valence-corrected chi connectivity index (χ3v) is 2.74. The first-order valence-corrected chi connectivity index (χ1v) is 5.71. The zero-order chi connectivity index (χ0) is 13.1. The number of anilines is 1. The van der Waals surface area contributed by atoms with E-state index in [4.69, 9.17) is 10.5 Å². The summed E-state index contributed by atoms with van der Waals surface area (Å²) in [7, 11) is 0. The molecular formula is C15H15NO2. The van der Waals surface area contributed by atoms with E-state index in [1.807, 2.05) is 25.1 Å². The zero-order valence-corrected chi connectivity index (χ0v) is 10.4. The minimum Gasteiger partial charge on any atom is -0.457 e. The van der Waals surface area contributed by atoms with Crippen molar-refractivity contribution in [3.63, 3.8) is 0 Å². The van der Waals surface area contributed by atoms with Gasteiger partial charge in [-0.15, -0.1) is 0 Å². The van der Waals surface area contributed by atoms with Crippen LogP contribution in [-0.2, 0) is 0 Å². The van der Waals surface area contributed by atoms with Gasteiger partial charge >= 0.3 is 0 Å². The van der Waals surface area contributed by atoms with E-state index in [1.54, 1.807) is 31.2 Å². The van der Waals surface area contributed by atoms with Gasteiger partial charge in [0.05, 0.1) is 0 Å². The topological polar surface area (TPSA) is 52.3 Å². The molecule has 18 heavy (non-hydrogen) atoms. The highest BCUT2D eigenvalue weighted by Gasteiger charge is 2.02. The lowest BCUT2D eigenvalue weighted by atomic mass is 10.1. The molecule has 2 aromatic carbocycles. The van der Waals surface area contributed by atoms with Crippen LogP contribution in [0.2, 0.25) is 0 Å². The minimum atomic E-state index is 0.0462. The van der Waals surface area contributed by atoms with E-state index in [-0.39, 0.29) is 5.78 Å². The number of hydrogen-bond donors (Lipinski definition) is 1. The molecule has 3 heteroatoms. The smallest absolute Gasteiger partial charge is 0.159 e. The van der Waals surface area contributed by atoms with Crippen LogP contribution in [0.15, 0.2) is 42.5 Å². The van der Waals surface area contributed by atoms with Crippen molar-refractivity contribution < 1.29 is 9.53 Å². The molecule has 0 aromatic heterocycles. The monoisotopic (exact) mass is 241 g/mol. The average Bonchev–Trinajstić information content (AvgIpc) is 2.34. The van der Waals surface area contributed by atoms with Crippen LogP contribution >= 0.6 is 0 Å². The first kappa shape index (κ1) is 12.2. The molecule has 0 bridgehead atoms. The van der Waals surface area contributed by atoms with E-state index in [2.05, 4.69) is 0 Å². The Hall–Kier alpha value is -2.29. The third-order valence-electron chi connectivity index (χ3n) is 2.74. The molecule has 0 saturated heterocycles. The predicted octanol–water partition coefficient (Wildman–Crippen LogP) is 3.57. The molecule has 0 unspecified atom stereocenters. The van der Waals surface area contributed by atoms with E-state index < -0.39 is 0 Å². The number of ether oxygens (including phenoxy) is 1. The summed E-state index contributed by atoms with van der Waals surface area (Å²) in [6.07, 6.45) is 0. The van der Waals surface area contributed by atoms with Crippen LogP contribution in [0, 0.1) is 6.92 Å². The second kappa shape index (κ2) is 4.92. The number of hydrogen-bond acceptors (Lipinski definition) is 3. The van der Waals surface area contributed by atoms with Gasteiger partial charge in [-0.2, -0.15) is 0 Å². The van der Waals surface area contributed by atoms with E-state index in [9.17, 15) is 4.79 Å². The number of rotatable bonds is 3. The summed E-state index contributed by atoms with van der Waals surface area (Å²) < 4.78 is 5.68. The van der Waals surface area contributed by atoms with Crippen molar-refractivity contribution in [3.8, 4) is 11.5 Å². The second-order valence-electron chi connectivity index (χ2n) is 4.20. The fraction of sp³-hybridized carbons (Fsp3) is 0.133. The molecule has 0 radical (unpaired) electrons. The van der Waals surface area contributed by atoms with Gasteiger partial charge in [0.15, 0.2) is 5.78 Å². The van der Waals surface area contributed by atoms with Gasteiger partial charge in [-0.25, -0.2) is 0 Å². The van der Waals surface area contributed by atoms with Crippen molar-refractivity contribution in [1.29, 1.82) is 0 Å². The largest absolute Gasteiger partial charge is 0.457 e. The maximum Gasteiger partial charge on any atom is 0.159 e. The van der Waals surface area contributed by atoms with Crippen LogP contribution in [0.25, 0.3) is 0 Å². The fourth-order valence-electron chi connectivity index (χ4n) is 1.61. The van der Waals surface area contributed by atoms with Crippen molar-refractivity contribution in [2.45, 2.75) is 13.8 Å². The number of carbonyl (C=O) groups excluding carboxylic acids is 1. The third kappa shape index (κ3) is 2.69. The van der Waals surface area contributed by atoms with E-state index >= 15 is 0 Å². The van der Waals surface area contributed by atoms with Gasteiger partial charge in [0.2, 0.25) is 0 Å². The van der Waals surface area contributed by atoms with E-state index in [0.29, 0.717) is 11.3 Å². The Kier molecular flexibility index (Phi) is 3.33. The van der Waals surface area contributed by atoms with Crippen LogP contribution in [0.3, 0.4) is 0 Å². The number of aryl methyl sites for hydroxylation is 1. The van der Waals surface area contributed by atoms with Crippen molar-refractivity contribution in [1.82, 2.24) is 0 Å². The molecule has 0 fully saturated rings. The lowest BCUT2D eigenvalue weighted by Crippen LogP contribution is -1.93. The first-order valence-electron chi connectivity index (χ1n) is 5.71. The Morgan fingerprint density at radius 3 is 2.22 bits per heavy atom. The number of nitrogen functional groups attached to an aromatic ring is 1. The van der Waals surface area contributed by atoms with Gasteiger partial charge < -0.3 is 10.5 Å². The summed E-state index contributed by atoms with van der Waals surface area (Å²) in [5.74, 6) is 1.48.